The Morgan fingerprint density at radius 1 is 1.39 bits per heavy atom. The van der Waals surface area contributed by atoms with E-state index in [1.165, 1.54) is 6.42 Å². The lowest BCUT2D eigenvalue weighted by Crippen LogP contribution is -2.41. The summed E-state index contributed by atoms with van der Waals surface area (Å²) in [6.07, 6.45) is 8.30. The van der Waals surface area contributed by atoms with Crippen LogP contribution in [0.3, 0.4) is 0 Å². The molecule has 1 aliphatic rings. The summed E-state index contributed by atoms with van der Waals surface area (Å²) in [7, 11) is 0. The number of nitrogens with one attached hydrogen (secondary N) is 1. The van der Waals surface area contributed by atoms with Gasteiger partial charge < -0.3 is 11.1 Å². The first-order valence-electron chi connectivity index (χ1n) is 7.14. The van der Waals surface area contributed by atoms with Crippen molar-refractivity contribution in [3.63, 3.8) is 0 Å². The highest BCUT2D eigenvalue weighted by atomic mass is 32.2. The van der Waals surface area contributed by atoms with E-state index in [4.69, 9.17) is 5.73 Å². The maximum absolute atomic E-state index is 12.0. The molecule has 1 aliphatic carbocycles. The second kappa shape index (κ2) is 7.39. The van der Waals surface area contributed by atoms with Gasteiger partial charge in [0.05, 0.1) is 0 Å². The normalized spacial score (nSPS) is 24.2. The Bertz CT molecular complexity index is 258. The van der Waals surface area contributed by atoms with Crippen molar-refractivity contribution < 1.29 is 4.79 Å². The summed E-state index contributed by atoms with van der Waals surface area (Å²) in [6, 6.07) is 0.235. The number of thioether (sulfide) groups is 1. The molecule has 1 amide bonds. The van der Waals surface area contributed by atoms with Crippen molar-refractivity contribution in [2.75, 3.05) is 12.8 Å². The molecule has 3 nitrogen and oxygen atoms in total. The summed E-state index contributed by atoms with van der Waals surface area (Å²) < 4.78 is 0.202. The third-order valence-electron chi connectivity index (χ3n) is 4.49. The average Bonchev–Trinajstić information content (AvgIpc) is 2.77. The lowest BCUT2D eigenvalue weighted by molar-refractivity contribution is -0.122. The standard InChI is InChI=1S/C14H28N2OS/c1-4-14(5-2,18-3)10-16-13(17)9-11-7-6-8-12(11)15/h11-12H,4-10,15H2,1-3H3,(H,16,17)/t11-,12+/m0/s1. The molecule has 0 saturated heterocycles. The molecule has 18 heavy (non-hydrogen) atoms. The highest BCUT2D eigenvalue weighted by Crippen LogP contribution is 2.30. The number of hydrogen-bond donors (Lipinski definition) is 2. The van der Waals surface area contributed by atoms with Gasteiger partial charge in [-0.2, -0.15) is 11.8 Å². The molecule has 0 aromatic rings. The predicted octanol–water partition coefficient (Wildman–Crippen LogP) is 2.54. The summed E-state index contributed by atoms with van der Waals surface area (Å²) in [4.78, 5) is 12.0. The number of amides is 1. The molecular formula is C14H28N2OS. The molecule has 0 radical (unpaired) electrons. The highest BCUT2D eigenvalue weighted by Gasteiger charge is 2.28. The fraction of sp³-hybridized carbons (Fsp3) is 0.929. The first-order chi connectivity index (χ1) is 8.56. The van der Waals surface area contributed by atoms with E-state index >= 15 is 0 Å². The molecule has 1 fully saturated rings. The van der Waals surface area contributed by atoms with E-state index in [1.807, 2.05) is 11.8 Å². The Morgan fingerprint density at radius 3 is 2.50 bits per heavy atom. The molecule has 0 aromatic heterocycles. The quantitative estimate of drug-likeness (QED) is 0.749. The van der Waals surface area contributed by atoms with E-state index in [1.54, 1.807) is 0 Å². The molecule has 0 heterocycles. The molecule has 0 aliphatic heterocycles. The third-order valence-corrected chi connectivity index (χ3v) is 6.08. The number of carbonyl (C=O) groups is 1. The number of rotatable bonds is 7. The second-order valence-electron chi connectivity index (χ2n) is 5.43. The fourth-order valence-corrected chi connectivity index (χ4v) is 3.54. The average molecular weight is 272 g/mol. The Morgan fingerprint density at radius 2 is 2.06 bits per heavy atom. The van der Waals surface area contributed by atoms with Gasteiger partial charge in [-0.05, 0) is 37.9 Å². The van der Waals surface area contributed by atoms with Crippen molar-refractivity contribution in [1.82, 2.24) is 5.32 Å². The van der Waals surface area contributed by atoms with Gasteiger partial charge in [-0.25, -0.2) is 0 Å². The molecule has 2 atom stereocenters. The van der Waals surface area contributed by atoms with Crippen LogP contribution in [0.4, 0.5) is 0 Å². The van der Waals surface area contributed by atoms with E-state index in [9.17, 15) is 4.79 Å². The highest BCUT2D eigenvalue weighted by molar-refractivity contribution is 8.00. The van der Waals surface area contributed by atoms with Gasteiger partial charge >= 0.3 is 0 Å². The van der Waals surface area contributed by atoms with Crippen LogP contribution in [-0.2, 0) is 4.79 Å². The van der Waals surface area contributed by atoms with Crippen molar-refractivity contribution in [1.29, 1.82) is 0 Å². The Labute approximate surface area is 116 Å². The SMILES string of the molecule is CCC(CC)(CNC(=O)C[C@@H]1CCC[C@H]1N)SC. The molecule has 0 spiro atoms. The molecular weight excluding hydrogens is 244 g/mol. The van der Waals surface area contributed by atoms with Crippen LogP contribution < -0.4 is 11.1 Å². The van der Waals surface area contributed by atoms with Crippen LogP contribution in [0.1, 0.15) is 52.4 Å². The van der Waals surface area contributed by atoms with Gasteiger partial charge in [-0.15, -0.1) is 0 Å². The monoisotopic (exact) mass is 272 g/mol. The van der Waals surface area contributed by atoms with Crippen LogP contribution in [0, 0.1) is 5.92 Å². The van der Waals surface area contributed by atoms with E-state index in [0.29, 0.717) is 12.3 Å². The summed E-state index contributed by atoms with van der Waals surface area (Å²) >= 11 is 1.86. The van der Waals surface area contributed by atoms with Gasteiger partial charge in [0.15, 0.2) is 0 Å². The molecule has 3 N–H and O–H groups in total. The van der Waals surface area contributed by atoms with Gasteiger partial charge in [0, 0.05) is 23.8 Å². The smallest absolute Gasteiger partial charge is 0.220 e. The zero-order valence-corrected chi connectivity index (χ0v) is 12.8. The second-order valence-corrected chi connectivity index (χ2v) is 6.70. The minimum atomic E-state index is 0.178. The molecule has 106 valence electrons. The lowest BCUT2D eigenvalue weighted by atomic mass is 9.99. The number of hydrogen-bond acceptors (Lipinski definition) is 3. The lowest BCUT2D eigenvalue weighted by Gasteiger charge is -2.30. The van der Waals surface area contributed by atoms with E-state index in [-0.39, 0.29) is 16.7 Å². The van der Waals surface area contributed by atoms with E-state index < -0.39 is 0 Å². The molecule has 0 aromatic carbocycles. The zero-order chi connectivity index (χ0) is 13.6. The Kier molecular flexibility index (Phi) is 6.50. The van der Waals surface area contributed by atoms with Gasteiger partial charge in [-0.1, -0.05) is 20.3 Å². The van der Waals surface area contributed by atoms with Crippen molar-refractivity contribution in [3.05, 3.63) is 0 Å². The van der Waals surface area contributed by atoms with Gasteiger partial charge in [0.25, 0.3) is 0 Å². The van der Waals surface area contributed by atoms with Crippen LogP contribution in [0.2, 0.25) is 0 Å². The summed E-state index contributed by atoms with van der Waals surface area (Å²) in [5.74, 6) is 0.578. The van der Waals surface area contributed by atoms with Crippen LogP contribution in [0.5, 0.6) is 0 Å². The van der Waals surface area contributed by atoms with Gasteiger partial charge in [0.1, 0.15) is 0 Å². The zero-order valence-electron chi connectivity index (χ0n) is 12.0. The summed E-state index contributed by atoms with van der Waals surface area (Å²) in [6.45, 7) is 5.17. The first-order valence-corrected chi connectivity index (χ1v) is 8.36. The Balaban J connectivity index is 2.36. The molecule has 0 unspecified atom stereocenters. The Hall–Kier alpha value is -0.220. The maximum atomic E-state index is 12.0. The largest absolute Gasteiger partial charge is 0.355 e. The minimum Gasteiger partial charge on any atom is -0.355 e. The van der Waals surface area contributed by atoms with Crippen molar-refractivity contribution in [2.24, 2.45) is 11.7 Å². The minimum absolute atomic E-state index is 0.178. The maximum Gasteiger partial charge on any atom is 0.220 e. The molecule has 4 heteroatoms. The van der Waals surface area contributed by atoms with Crippen molar-refractivity contribution >= 4 is 17.7 Å². The van der Waals surface area contributed by atoms with E-state index in [2.05, 4.69) is 25.4 Å². The van der Waals surface area contributed by atoms with Crippen LogP contribution in [0.25, 0.3) is 0 Å². The van der Waals surface area contributed by atoms with Crippen LogP contribution in [0.15, 0.2) is 0 Å². The first kappa shape index (κ1) is 15.8. The molecule has 1 saturated carbocycles. The fourth-order valence-electron chi connectivity index (χ4n) is 2.75. The van der Waals surface area contributed by atoms with Gasteiger partial charge in [0.2, 0.25) is 5.91 Å². The van der Waals surface area contributed by atoms with Crippen molar-refractivity contribution in [3.8, 4) is 0 Å². The predicted molar refractivity (Wildman–Crippen MR) is 79.8 cm³/mol. The molecule has 1 rings (SSSR count). The third kappa shape index (κ3) is 4.16. The van der Waals surface area contributed by atoms with Crippen molar-refractivity contribution in [2.45, 2.75) is 63.2 Å². The molecule has 0 bridgehead atoms. The topological polar surface area (TPSA) is 55.1 Å². The van der Waals surface area contributed by atoms with Crippen LogP contribution >= 0.6 is 11.8 Å². The van der Waals surface area contributed by atoms with E-state index in [0.717, 1.165) is 32.2 Å². The van der Waals surface area contributed by atoms with Gasteiger partial charge in [-0.3, -0.25) is 4.79 Å². The summed E-state index contributed by atoms with van der Waals surface area (Å²) in [5, 5.41) is 3.11. The number of nitrogens with two attached hydrogens (primary N) is 1. The number of carbonyl (C=O) groups excluding carboxylic acids is 1. The van der Waals surface area contributed by atoms with Crippen LogP contribution in [-0.4, -0.2) is 29.5 Å². The summed E-state index contributed by atoms with van der Waals surface area (Å²) in [5.41, 5.74) is 6.00.